The lowest BCUT2D eigenvalue weighted by molar-refractivity contribution is -0.150. The van der Waals surface area contributed by atoms with Crippen molar-refractivity contribution in [2.75, 3.05) is 26.4 Å². The Kier molecular flexibility index (Phi) is 10.5. The van der Waals surface area contributed by atoms with E-state index in [2.05, 4.69) is 13.8 Å². The van der Waals surface area contributed by atoms with Gasteiger partial charge in [-0.15, -0.1) is 0 Å². The maximum atomic E-state index is 11.2. The maximum absolute atomic E-state index is 11.2. The van der Waals surface area contributed by atoms with Gasteiger partial charge in [0.1, 0.15) is 6.61 Å². The van der Waals surface area contributed by atoms with Gasteiger partial charge in [-0.05, 0) is 12.3 Å². The molecule has 0 aromatic rings. The van der Waals surface area contributed by atoms with Crippen molar-refractivity contribution in [3.63, 3.8) is 0 Å². The lowest BCUT2D eigenvalue weighted by Crippen LogP contribution is -2.19. The van der Waals surface area contributed by atoms with Crippen LogP contribution in [0.25, 0.3) is 0 Å². The van der Waals surface area contributed by atoms with Crippen molar-refractivity contribution in [1.29, 1.82) is 0 Å². The summed E-state index contributed by atoms with van der Waals surface area (Å²) < 4.78 is 10.1. The Morgan fingerprint density at radius 1 is 1.38 bits per heavy atom. The summed E-state index contributed by atoms with van der Waals surface area (Å²) in [5.74, 6) is 0.196. The van der Waals surface area contributed by atoms with E-state index in [-0.39, 0.29) is 12.6 Å². The Bertz CT molecular complexity index is 174. The van der Waals surface area contributed by atoms with E-state index in [4.69, 9.17) is 15.2 Å². The highest BCUT2D eigenvalue weighted by Gasteiger charge is 2.09. The third-order valence-electron chi connectivity index (χ3n) is 2.51. The summed E-state index contributed by atoms with van der Waals surface area (Å²) in [4.78, 5) is 11.2. The molecule has 0 bridgehead atoms. The Hall–Kier alpha value is -0.610. The lowest BCUT2D eigenvalue weighted by atomic mass is 10.0. The van der Waals surface area contributed by atoms with Crippen LogP contribution >= 0.6 is 0 Å². The number of carbonyl (C=O) groups excluding carboxylic acids is 1. The second-order valence-corrected chi connectivity index (χ2v) is 3.94. The van der Waals surface area contributed by atoms with Crippen LogP contribution in [0.15, 0.2) is 0 Å². The van der Waals surface area contributed by atoms with Crippen LogP contribution in [0.2, 0.25) is 0 Å². The fourth-order valence-electron chi connectivity index (χ4n) is 1.39. The van der Waals surface area contributed by atoms with Crippen LogP contribution in [0.1, 0.15) is 39.5 Å². The van der Waals surface area contributed by atoms with E-state index in [9.17, 15) is 4.79 Å². The van der Waals surface area contributed by atoms with Crippen molar-refractivity contribution in [2.24, 2.45) is 11.7 Å². The summed E-state index contributed by atoms with van der Waals surface area (Å²) in [6.45, 7) is 5.66. The van der Waals surface area contributed by atoms with E-state index >= 15 is 0 Å². The lowest BCUT2D eigenvalue weighted by Gasteiger charge is -2.14. The molecule has 0 amide bonds. The van der Waals surface area contributed by atoms with Crippen molar-refractivity contribution in [2.45, 2.75) is 39.5 Å². The molecule has 4 heteroatoms. The molecule has 0 aliphatic heterocycles. The van der Waals surface area contributed by atoms with E-state index in [1.54, 1.807) is 0 Å². The molecule has 16 heavy (non-hydrogen) atoms. The molecule has 0 aromatic heterocycles. The molecular weight excluding hydrogens is 206 g/mol. The molecule has 1 atom stereocenters. The Morgan fingerprint density at radius 2 is 2.12 bits per heavy atom. The predicted octanol–water partition coefficient (Wildman–Crippen LogP) is 1.72. The SMILES string of the molecule is CCCCC(CC)COC(=O)COCCN. The van der Waals surface area contributed by atoms with E-state index in [0.29, 0.717) is 25.7 Å². The molecule has 0 aromatic carbocycles. The van der Waals surface area contributed by atoms with Crippen molar-refractivity contribution >= 4 is 5.97 Å². The average Bonchev–Trinajstić information content (AvgIpc) is 2.30. The zero-order chi connectivity index (χ0) is 12.2. The Balaban J connectivity index is 3.54. The fourth-order valence-corrected chi connectivity index (χ4v) is 1.39. The van der Waals surface area contributed by atoms with Crippen LogP contribution in [-0.2, 0) is 14.3 Å². The summed E-state index contributed by atoms with van der Waals surface area (Å²) in [7, 11) is 0. The standard InChI is InChI=1S/C12H25NO3/c1-3-5-6-11(4-2)9-16-12(14)10-15-8-7-13/h11H,3-10,13H2,1-2H3. The van der Waals surface area contributed by atoms with Gasteiger partial charge in [-0.25, -0.2) is 4.79 Å². The molecule has 0 aliphatic carbocycles. The van der Waals surface area contributed by atoms with Crippen LogP contribution in [0, 0.1) is 5.92 Å². The molecule has 0 aliphatic rings. The van der Waals surface area contributed by atoms with Gasteiger partial charge < -0.3 is 15.2 Å². The first-order chi connectivity index (χ1) is 7.74. The minimum Gasteiger partial charge on any atom is -0.464 e. The monoisotopic (exact) mass is 231 g/mol. The van der Waals surface area contributed by atoms with E-state index in [0.717, 1.165) is 12.8 Å². The number of nitrogens with two attached hydrogens (primary N) is 1. The molecule has 0 fully saturated rings. The second kappa shape index (κ2) is 10.9. The average molecular weight is 231 g/mol. The molecule has 0 spiro atoms. The Morgan fingerprint density at radius 3 is 2.69 bits per heavy atom. The molecule has 0 saturated carbocycles. The zero-order valence-electron chi connectivity index (χ0n) is 10.5. The van der Waals surface area contributed by atoms with Crippen molar-refractivity contribution in [3.05, 3.63) is 0 Å². The Labute approximate surface area is 98.5 Å². The van der Waals surface area contributed by atoms with Gasteiger partial charge >= 0.3 is 5.97 Å². The van der Waals surface area contributed by atoms with Gasteiger partial charge in [-0.2, -0.15) is 0 Å². The third kappa shape index (κ3) is 8.68. The van der Waals surface area contributed by atoms with Crippen LogP contribution < -0.4 is 5.73 Å². The highest BCUT2D eigenvalue weighted by molar-refractivity contribution is 5.70. The number of esters is 1. The van der Waals surface area contributed by atoms with Crippen molar-refractivity contribution in [3.8, 4) is 0 Å². The van der Waals surface area contributed by atoms with Crippen molar-refractivity contribution in [1.82, 2.24) is 0 Å². The molecule has 1 unspecified atom stereocenters. The summed E-state index contributed by atoms with van der Waals surface area (Å²) in [6.07, 6.45) is 4.56. The number of unbranched alkanes of at least 4 members (excludes halogenated alkanes) is 1. The summed E-state index contributed by atoms with van der Waals surface area (Å²) >= 11 is 0. The highest BCUT2D eigenvalue weighted by atomic mass is 16.6. The summed E-state index contributed by atoms with van der Waals surface area (Å²) in [5.41, 5.74) is 5.24. The zero-order valence-corrected chi connectivity index (χ0v) is 10.5. The predicted molar refractivity (Wildman–Crippen MR) is 64.1 cm³/mol. The molecule has 0 saturated heterocycles. The maximum Gasteiger partial charge on any atom is 0.332 e. The van der Waals surface area contributed by atoms with Crippen LogP contribution in [0.3, 0.4) is 0 Å². The highest BCUT2D eigenvalue weighted by Crippen LogP contribution is 2.12. The first-order valence-electron chi connectivity index (χ1n) is 6.18. The van der Waals surface area contributed by atoms with Crippen LogP contribution in [0.5, 0.6) is 0 Å². The van der Waals surface area contributed by atoms with Crippen molar-refractivity contribution < 1.29 is 14.3 Å². The van der Waals surface area contributed by atoms with E-state index in [1.807, 2.05) is 0 Å². The van der Waals surface area contributed by atoms with Gasteiger partial charge in [0.25, 0.3) is 0 Å². The molecule has 0 radical (unpaired) electrons. The van der Waals surface area contributed by atoms with Crippen LogP contribution in [-0.4, -0.2) is 32.3 Å². The molecule has 0 rings (SSSR count). The van der Waals surface area contributed by atoms with Gasteiger partial charge in [0.15, 0.2) is 0 Å². The van der Waals surface area contributed by atoms with Gasteiger partial charge in [-0.1, -0.05) is 33.1 Å². The molecule has 2 N–H and O–H groups in total. The summed E-state index contributed by atoms with van der Waals surface area (Å²) in [5, 5.41) is 0. The largest absolute Gasteiger partial charge is 0.464 e. The molecule has 0 heterocycles. The number of hydrogen-bond acceptors (Lipinski definition) is 4. The number of ether oxygens (including phenoxy) is 2. The molecule has 4 nitrogen and oxygen atoms in total. The van der Waals surface area contributed by atoms with E-state index in [1.165, 1.54) is 12.8 Å². The molecule has 96 valence electrons. The van der Waals surface area contributed by atoms with Gasteiger partial charge in [0.05, 0.1) is 13.2 Å². The van der Waals surface area contributed by atoms with Crippen LogP contribution in [0.4, 0.5) is 0 Å². The smallest absolute Gasteiger partial charge is 0.332 e. The first-order valence-corrected chi connectivity index (χ1v) is 6.18. The number of carbonyl (C=O) groups is 1. The number of rotatable bonds is 10. The normalized spacial score (nSPS) is 12.4. The second-order valence-electron chi connectivity index (χ2n) is 3.94. The van der Waals surface area contributed by atoms with Gasteiger partial charge in [-0.3, -0.25) is 0 Å². The minimum atomic E-state index is -0.289. The van der Waals surface area contributed by atoms with E-state index < -0.39 is 0 Å². The molecular formula is C12H25NO3. The summed E-state index contributed by atoms with van der Waals surface area (Å²) in [6, 6.07) is 0. The first kappa shape index (κ1) is 15.4. The number of hydrogen-bond donors (Lipinski definition) is 1. The fraction of sp³-hybridized carbons (Fsp3) is 0.917. The topological polar surface area (TPSA) is 61.5 Å². The third-order valence-corrected chi connectivity index (χ3v) is 2.51. The minimum absolute atomic E-state index is 0.0153. The van der Waals surface area contributed by atoms with Gasteiger partial charge in [0.2, 0.25) is 0 Å². The van der Waals surface area contributed by atoms with Gasteiger partial charge in [0, 0.05) is 6.54 Å². The quantitative estimate of drug-likeness (QED) is 0.459.